The van der Waals surface area contributed by atoms with Crippen molar-refractivity contribution in [3.8, 4) is 0 Å². The third-order valence-electron chi connectivity index (χ3n) is 2.26. The van der Waals surface area contributed by atoms with E-state index in [1.807, 2.05) is 0 Å². The predicted octanol–water partition coefficient (Wildman–Crippen LogP) is -0.0898. The van der Waals surface area contributed by atoms with Crippen molar-refractivity contribution in [3.05, 3.63) is 18.2 Å². The number of unbranched alkanes of at least 4 members (excludes halogenated alkanes) is 1. The normalized spacial score (nSPS) is 12.2. The molecule has 3 N–H and O–H groups in total. The first kappa shape index (κ1) is 13.1. The van der Waals surface area contributed by atoms with Crippen molar-refractivity contribution in [1.29, 1.82) is 0 Å². The van der Waals surface area contributed by atoms with Crippen molar-refractivity contribution in [2.24, 2.45) is 5.73 Å². The van der Waals surface area contributed by atoms with E-state index in [2.05, 4.69) is 9.97 Å². The molecule has 0 spiro atoms. The monoisotopic (exact) mass is 246 g/mol. The fourth-order valence-electron chi connectivity index (χ4n) is 1.28. The Morgan fingerprint density at radius 2 is 2.25 bits per heavy atom. The summed E-state index contributed by atoms with van der Waals surface area (Å²) in [4.78, 5) is 6.85. The van der Waals surface area contributed by atoms with Crippen LogP contribution in [-0.4, -0.2) is 42.0 Å². The van der Waals surface area contributed by atoms with Crippen LogP contribution in [0.3, 0.4) is 0 Å². The number of sulfonamides is 1. The number of nitrogens with zero attached hydrogens (tertiary/aromatic N) is 2. The minimum Gasteiger partial charge on any atom is -0.347 e. The van der Waals surface area contributed by atoms with Gasteiger partial charge in [0.15, 0.2) is 0 Å². The highest BCUT2D eigenvalue weighted by molar-refractivity contribution is 7.89. The van der Waals surface area contributed by atoms with Crippen LogP contribution in [0.15, 0.2) is 12.4 Å². The molecule has 1 aromatic heterocycles. The lowest BCUT2D eigenvalue weighted by atomic mass is 10.3. The third-order valence-corrected chi connectivity index (χ3v) is 4.14. The van der Waals surface area contributed by atoms with E-state index in [9.17, 15) is 8.42 Å². The van der Waals surface area contributed by atoms with Crippen molar-refractivity contribution in [3.63, 3.8) is 0 Å². The first-order valence-corrected chi connectivity index (χ1v) is 6.79. The molecule has 7 heteroatoms. The summed E-state index contributed by atoms with van der Waals surface area (Å²) in [7, 11) is -1.63. The number of aromatic nitrogens is 2. The molecular formula is C9H18N4O2S. The van der Waals surface area contributed by atoms with Gasteiger partial charge in [0.25, 0.3) is 0 Å². The van der Waals surface area contributed by atoms with E-state index in [1.54, 1.807) is 19.4 Å². The molecule has 6 nitrogen and oxygen atoms in total. The fraction of sp³-hybridized carbons (Fsp3) is 0.667. The predicted molar refractivity (Wildman–Crippen MR) is 62.1 cm³/mol. The largest absolute Gasteiger partial charge is 0.347 e. The molecule has 1 heterocycles. The lowest BCUT2D eigenvalue weighted by molar-refractivity contribution is 0.456. The zero-order chi connectivity index (χ0) is 12.0. The Morgan fingerprint density at radius 3 is 2.81 bits per heavy atom. The quantitative estimate of drug-likeness (QED) is 0.658. The number of rotatable bonds is 7. The minimum atomic E-state index is -3.19. The van der Waals surface area contributed by atoms with Crippen LogP contribution in [0.2, 0.25) is 0 Å². The van der Waals surface area contributed by atoms with Gasteiger partial charge in [-0.1, -0.05) is 0 Å². The van der Waals surface area contributed by atoms with E-state index >= 15 is 0 Å². The number of nitrogens with two attached hydrogens (primary N) is 1. The molecule has 1 rings (SSSR count). The lowest BCUT2D eigenvalue weighted by Gasteiger charge is -2.15. The molecule has 1 aromatic rings. The van der Waals surface area contributed by atoms with Gasteiger partial charge < -0.3 is 10.7 Å². The Morgan fingerprint density at radius 1 is 1.50 bits per heavy atom. The standard InChI is InChI=1S/C9H18N4O2S/c1-13(8-9-11-5-6-12-9)16(14,15)7-3-2-4-10/h5-6H,2-4,7-8,10H2,1H3,(H,11,12). The summed E-state index contributed by atoms with van der Waals surface area (Å²) in [5, 5.41) is 0. The van der Waals surface area contributed by atoms with Crippen molar-refractivity contribution < 1.29 is 8.42 Å². The molecule has 0 radical (unpaired) electrons. The zero-order valence-corrected chi connectivity index (χ0v) is 10.2. The van der Waals surface area contributed by atoms with E-state index in [0.29, 0.717) is 18.8 Å². The van der Waals surface area contributed by atoms with Gasteiger partial charge in [-0.3, -0.25) is 0 Å². The molecule has 16 heavy (non-hydrogen) atoms. The Labute approximate surface area is 95.9 Å². The summed E-state index contributed by atoms with van der Waals surface area (Å²) >= 11 is 0. The summed E-state index contributed by atoms with van der Waals surface area (Å²) < 4.78 is 24.9. The summed E-state index contributed by atoms with van der Waals surface area (Å²) in [5.74, 6) is 0.784. The highest BCUT2D eigenvalue weighted by atomic mass is 32.2. The summed E-state index contributed by atoms with van der Waals surface area (Å²) in [6, 6.07) is 0. The summed E-state index contributed by atoms with van der Waals surface area (Å²) in [6.07, 6.45) is 4.60. The minimum absolute atomic E-state index is 0.140. The van der Waals surface area contributed by atoms with Crippen LogP contribution in [0.4, 0.5) is 0 Å². The average Bonchev–Trinajstić information content (AvgIpc) is 2.70. The number of aromatic amines is 1. The fourth-order valence-corrected chi connectivity index (χ4v) is 2.48. The molecule has 0 aliphatic rings. The number of H-pyrrole nitrogens is 1. The third kappa shape index (κ3) is 3.92. The van der Waals surface area contributed by atoms with E-state index < -0.39 is 10.0 Å². The second-order valence-electron chi connectivity index (χ2n) is 3.60. The Bertz CT molecular complexity index is 388. The molecular weight excluding hydrogens is 228 g/mol. The van der Waals surface area contributed by atoms with Crippen molar-refractivity contribution in [1.82, 2.24) is 14.3 Å². The van der Waals surface area contributed by atoms with Crippen LogP contribution in [0.1, 0.15) is 18.7 Å². The smallest absolute Gasteiger partial charge is 0.214 e. The second kappa shape index (κ2) is 5.97. The lowest BCUT2D eigenvalue weighted by Crippen LogP contribution is -2.29. The highest BCUT2D eigenvalue weighted by Gasteiger charge is 2.17. The van der Waals surface area contributed by atoms with E-state index in [-0.39, 0.29) is 12.3 Å². The van der Waals surface area contributed by atoms with Crippen LogP contribution in [0.5, 0.6) is 0 Å². The number of imidazole rings is 1. The topological polar surface area (TPSA) is 92.1 Å². The van der Waals surface area contributed by atoms with Gasteiger partial charge in [0.05, 0.1) is 12.3 Å². The van der Waals surface area contributed by atoms with Crippen LogP contribution in [0.25, 0.3) is 0 Å². The molecule has 0 aliphatic carbocycles. The van der Waals surface area contributed by atoms with Crippen LogP contribution < -0.4 is 5.73 Å². The molecule has 0 fully saturated rings. The van der Waals surface area contributed by atoms with E-state index in [0.717, 1.165) is 6.42 Å². The maximum absolute atomic E-state index is 11.8. The highest BCUT2D eigenvalue weighted by Crippen LogP contribution is 2.05. The molecule has 0 saturated heterocycles. The molecule has 0 unspecified atom stereocenters. The zero-order valence-electron chi connectivity index (χ0n) is 9.39. The van der Waals surface area contributed by atoms with Crippen LogP contribution >= 0.6 is 0 Å². The van der Waals surface area contributed by atoms with Gasteiger partial charge in [-0.15, -0.1) is 0 Å². The second-order valence-corrected chi connectivity index (χ2v) is 5.80. The van der Waals surface area contributed by atoms with Gasteiger partial charge in [0, 0.05) is 19.4 Å². The van der Waals surface area contributed by atoms with E-state index in [1.165, 1.54) is 4.31 Å². The number of hydrogen-bond acceptors (Lipinski definition) is 4. The number of hydrogen-bond donors (Lipinski definition) is 2. The molecule has 92 valence electrons. The summed E-state index contributed by atoms with van der Waals surface area (Å²) in [5.41, 5.74) is 5.32. The van der Waals surface area contributed by atoms with Crippen molar-refractivity contribution in [2.75, 3.05) is 19.3 Å². The molecule has 0 amide bonds. The van der Waals surface area contributed by atoms with E-state index in [4.69, 9.17) is 5.73 Å². The van der Waals surface area contributed by atoms with Gasteiger partial charge in [-0.25, -0.2) is 13.4 Å². The molecule has 0 aromatic carbocycles. The maximum atomic E-state index is 11.8. The Hall–Kier alpha value is -0.920. The van der Waals surface area contributed by atoms with Gasteiger partial charge in [-0.05, 0) is 19.4 Å². The van der Waals surface area contributed by atoms with Gasteiger partial charge in [-0.2, -0.15) is 4.31 Å². The maximum Gasteiger partial charge on any atom is 0.214 e. The van der Waals surface area contributed by atoms with Gasteiger partial charge in [0.1, 0.15) is 5.82 Å². The summed E-state index contributed by atoms with van der Waals surface area (Å²) in [6.45, 7) is 0.801. The molecule has 0 atom stereocenters. The average molecular weight is 246 g/mol. The van der Waals surface area contributed by atoms with Gasteiger partial charge in [0.2, 0.25) is 10.0 Å². The van der Waals surface area contributed by atoms with Crippen molar-refractivity contribution >= 4 is 10.0 Å². The Kier molecular flexibility index (Phi) is 4.91. The van der Waals surface area contributed by atoms with Crippen molar-refractivity contribution in [2.45, 2.75) is 19.4 Å². The van der Waals surface area contributed by atoms with Crippen LogP contribution in [-0.2, 0) is 16.6 Å². The molecule has 0 bridgehead atoms. The number of nitrogens with one attached hydrogen (secondary N) is 1. The van der Waals surface area contributed by atoms with Gasteiger partial charge >= 0.3 is 0 Å². The molecule has 0 saturated carbocycles. The Balaban J connectivity index is 2.48. The first-order valence-electron chi connectivity index (χ1n) is 5.18. The van der Waals surface area contributed by atoms with Crippen LogP contribution in [0, 0.1) is 0 Å². The molecule has 0 aliphatic heterocycles. The SMILES string of the molecule is CN(Cc1ncc[nH]1)S(=O)(=O)CCCCN. The first-order chi connectivity index (χ1) is 7.56.